The molecule has 0 aliphatic carbocycles. The van der Waals surface area contributed by atoms with E-state index in [9.17, 15) is 8.42 Å². The van der Waals surface area contributed by atoms with Crippen LogP contribution in [0.3, 0.4) is 0 Å². The van der Waals surface area contributed by atoms with Crippen molar-refractivity contribution in [3.63, 3.8) is 0 Å². The summed E-state index contributed by atoms with van der Waals surface area (Å²) < 4.78 is 27.1. The summed E-state index contributed by atoms with van der Waals surface area (Å²) >= 11 is 5.84. The van der Waals surface area contributed by atoms with Crippen molar-refractivity contribution in [3.05, 3.63) is 52.5 Å². The summed E-state index contributed by atoms with van der Waals surface area (Å²) in [7, 11) is -3.68. The van der Waals surface area contributed by atoms with Crippen molar-refractivity contribution in [3.8, 4) is 0 Å². The highest BCUT2D eigenvalue weighted by atomic mass is 35.5. The van der Waals surface area contributed by atoms with Crippen molar-refractivity contribution in [1.82, 2.24) is 0 Å². The molecule has 0 bridgehead atoms. The predicted molar refractivity (Wildman–Crippen MR) is 82.6 cm³/mol. The summed E-state index contributed by atoms with van der Waals surface area (Å²) in [6.07, 6.45) is 0. The van der Waals surface area contributed by atoms with E-state index in [1.165, 1.54) is 6.07 Å². The zero-order valence-electron chi connectivity index (χ0n) is 11.1. The number of hydrogen-bond acceptors (Lipinski definition) is 3. The van der Waals surface area contributed by atoms with Gasteiger partial charge in [0.15, 0.2) is 0 Å². The Morgan fingerprint density at radius 3 is 2.45 bits per heavy atom. The molecule has 4 nitrogen and oxygen atoms in total. The maximum Gasteiger partial charge on any atom is 0.261 e. The maximum atomic E-state index is 12.3. The van der Waals surface area contributed by atoms with Crippen LogP contribution in [0.2, 0.25) is 5.02 Å². The first kappa shape index (κ1) is 14.7. The molecule has 2 aromatic rings. The fourth-order valence-corrected chi connectivity index (χ4v) is 3.13. The minimum atomic E-state index is -3.68. The number of sulfonamides is 1. The highest BCUT2D eigenvalue weighted by molar-refractivity contribution is 7.92. The average Bonchev–Trinajstić information content (AvgIpc) is 2.34. The zero-order chi connectivity index (χ0) is 14.9. The lowest BCUT2D eigenvalue weighted by molar-refractivity contribution is 0.601. The normalized spacial score (nSPS) is 11.3. The molecular formula is C14H15ClN2O2S. The lowest BCUT2D eigenvalue weighted by Crippen LogP contribution is -2.14. The third kappa shape index (κ3) is 3.05. The summed E-state index contributed by atoms with van der Waals surface area (Å²) in [6, 6.07) is 9.58. The number of rotatable bonds is 3. The lowest BCUT2D eigenvalue weighted by Gasteiger charge is -2.11. The summed E-state index contributed by atoms with van der Waals surface area (Å²) in [6.45, 7) is 3.68. The average molecular weight is 311 g/mol. The minimum absolute atomic E-state index is 0.137. The number of anilines is 2. The first-order valence-electron chi connectivity index (χ1n) is 5.95. The van der Waals surface area contributed by atoms with Crippen LogP contribution in [-0.4, -0.2) is 8.42 Å². The van der Waals surface area contributed by atoms with Crippen LogP contribution < -0.4 is 10.5 Å². The molecule has 20 heavy (non-hydrogen) atoms. The van der Waals surface area contributed by atoms with Crippen molar-refractivity contribution < 1.29 is 8.42 Å². The SMILES string of the molecule is Cc1cc(S(=O)(=O)Nc2cccc(Cl)c2)cc(N)c1C. The second kappa shape index (κ2) is 5.34. The van der Waals surface area contributed by atoms with Gasteiger partial charge in [-0.15, -0.1) is 0 Å². The van der Waals surface area contributed by atoms with Crippen LogP contribution in [0.15, 0.2) is 41.3 Å². The lowest BCUT2D eigenvalue weighted by atomic mass is 10.1. The number of hydrogen-bond donors (Lipinski definition) is 2. The molecule has 0 heterocycles. The molecule has 0 aliphatic rings. The Kier molecular flexibility index (Phi) is 3.92. The Morgan fingerprint density at radius 2 is 1.85 bits per heavy atom. The van der Waals surface area contributed by atoms with Gasteiger partial charge in [-0.2, -0.15) is 0 Å². The molecule has 0 atom stereocenters. The fraction of sp³-hybridized carbons (Fsp3) is 0.143. The third-order valence-electron chi connectivity index (χ3n) is 3.07. The standard InChI is InChI=1S/C14H15ClN2O2S/c1-9-6-13(8-14(16)10(9)2)20(18,19)17-12-5-3-4-11(15)7-12/h3-8,17H,16H2,1-2H3. The molecule has 6 heteroatoms. The van der Waals surface area contributed by atoms with Crippen molar-refractivity contribution in [2.45, 2.75) is 18.7 Å². The third-order valence-corrected chi connectivity index (χ3v) is 4.66. The zero-order valence-corrected chi connectivity index (χ0v) is 12.7. The summed E-state index contributed by atoms with van der Waals surface area (Å²) in [5.74, 6) is 0. The van der Waals surface area contributed by atoms with Crippen molar-refractivity contribution >= 4 is 33.0 Å². The molecule has 2 rings (SSSR count). The van der Waals surface area contributed by atoms with E-state index in [0.29, 0.717) is 16.4 Å². The molecule has 0 saturated carbocycles. The van der Waals surface area contributed by atoms with Crippen LogP contribution in [0.1, 0.15) is 11.1 Å². The molecule has 2 aromatic carbocycles. The monoisotopic (exact) mass is 310 g/mol. The fourth-order valence-electron chi connectivity index (χ4n) is 1.77. The van der Waals surface area contributed by atoms with Gasteiger partial charge in [-0.05, 0) is 55.3 Å². The summed E-state index contributed by atoms with van der Waals surface area (Å²) in [5.41, 5.74) is 8.40. The second-order valence-corrected chi connectivity index (χ2v) is 6.69. The number of nitrogens with two attached hydrogens (primary N) is 1. The highest BCUT2D eigenvalue weighted by Gasteiger charge is 2.16. The molecule has 0 radical (unpaired) electrons. The van der Waals surface area contributed by atoms with Gasteiger partial charge in [0.2, 0.25) is 0 Å². The Labute approximate surface area is 123 Å². The molecule has 0 aromatic heterocycles. The first-order valence-corrected chi connectivity index (χ1v) is 7.81. The van der Waals surface area contributed by atoms with Crippen LogP contribution in [-0.2, 0) is 10.0 Å². The second-order valence-electron chi connectivity index (χ2n) is 4.57. The smallest absolute Gasteiger partial charge is 0.261 e. The largest absolute Gasteiger partial charge is 0.398 e. The Hall–Kier alpha value is -1.72. The Morgan fingerprint density at radius 1 is 1.15 bits per heavy atom. The number of nitrogen functional groups attached to an aromatic ring is 1. The van der Waals surface area contributed by atoms with Gasteiger partial charge < -0.3 is 5.73 Å². The number of halogens is 1. The number of aryl methyl sites for hydroxylation is 1. The van der Waals surface area contributed by atoms with Crippen molar-refractivity contribution in [2.75, 3.05) is 10.5 Å². The van der Waals surface area contributed by atoms with E-state index >= 15 is 0 Å². The van der Waals surface area contributed by atoms with Crippen molar-refractivity contribution in [1.29, 1.82) is 0 Å². The molecule has 0 amide bonds. The minimum Gasteiger partial charge on any atom is -0.398 e. The van der Waals surface area contributed by atoms with Gasteiger partial charge >= 0.3 is 0 Å². The van der Waals surface area contributed by atoms with Gasteiger partial charge in [-0.1, -0.05) is 17.7 Å². The molecule has 0 saturated heterocycles. The van der Waals surface area contributed by atoms with E-state index in [1.807, 2.05) is 13.8 Å². The highest BCUT2D eigenvalue weighted by Crippen LogP contribution is 2.24. The van der Waals surface area contributed by atoms with Crippen LogP contribution in [0.5, 0.6) is 0 Å². The first-order chi connectivity index (χ1) is 9.29. The topological polar surface area (TPSA) is 72.2 Å². The molecule has 0 unspecified atom stereocenters. The molecule has 0 aliphatic heterocycles. The van der Waals surface area contributed by atoms with E-state index in [0.717, 1.165) is 11.1 Å². The summed E-state index contributed by atoms with van der Waals surface area (Å²) in [4.78, 5) is 0.137. The van der Waals surface area contributed by atoms with Gasteiger partial charge in [0.25, 0.3) is 10.0 Å². The van der Waals surface area contributed by atoms with E-state index in [1.54, 1.807) is 30.3 Å². The maximum absolute atomic E-state index is 12.3. The van der Waals surface area contributed by atoms with Gasteiger partial charge in [-0.3, -0.25) is 4.72 Å². The van der Waals surface area contributed by atoms with Gasteiger partial charge in [0.05, 0.1) is 10.6 Å². The molecule has 0 fully saturated rings. The van der Waals surface area contributed by atoms with Crippen LogP contribution in [0, 0.1) is 13.8 Å². The van der Waals surface area contributed by atoms with Gasteiger partial charge in [0.1, 0.15) is 0 Å². The van der Waals surface area contributed by atoms with Crippen molar-refractivity contribution in [2.24, 2.45) is 0 Å². The van der Waals surface area contributed by atoms with Crippen LogP contribution in [0.4, 0.5) is 11.4 Å². The molecular weight excluding hydrogens is 296 g/mol. The van der Waals surface area contributed by atoms with E-state index in [-0.39, 0.29) is 4.90 Å². The van der Waals surface area contributed by atoms with Crippen LogP contribution in [0.25, 0.3) is 0 Å². The summed E-state index contributed by atoms with van der Waals surface area (Å²) in [5, 5.41) is 0.463. The van der Waals surface area contributed by atoms with Gasteiger partial charge in [-0.25, -0.2) is 8.42 Å². The molecule has 106 valence electrons. The number of benzene rings is 2. The Balaban J connectivity index is 2.41. The van der Waals surface area contributed by atoms with Crippen LogP contribution >= 0.6 is 11.6 Å². The van der Waals surface area contributed by atoms with E-state index < -0.39 is 10.0 Å². The predicted octanol–water partition coefficient (Wildman–Crippen LogP) is 3.34. The Bertz CT molecular complexity index is 735. The molecule has 0 spiro atoms. The number of nitrogens with one attached hydrogen (secondary N) is 1. The van der Waals surface area contributed by atoms with E-state index in [2.05, 4.69) is 4.72 Å². The quantitative estimate of drug-likeness (QED) is 0.854. The molecule has 3 N–H and O–H groups in total. The van der Waals surface area contributed by atoms with Gasteiger partial charge in [0, 0.05) is 10.7 Å². The van der Waals surface area contributed by atoms with E-state index in [4.69, 9.17) is 17.3 Å².